The Morgan fingerprint density at radius 1 is 1.36 bits per heavy atom. The van der Waals surface area contributed by atoms with Crippen molar-refractivity contribution < 1.29 is 0 Å². The summed E-state index contributed by atoms with van der Waals surface area (Å²) in [5.41, 5.74) is 9.76. The number of rotatable bonds is 2. The van der Waals surface area contributed by atoms with Crippen molar-refractivity contribution >= 4 is 11.3 Å². The molecule has 0 unspecified atom stereocenters. The van der Waals surface area contributed by atoms with Crippen LogP contribution < -0.4 is 5.73 Å². The van der Waals surface area contributed by atoms with Crippen LogP contribution in [-0.2, 0) is 5.54 Å². The molecule has 3 heteroatoms. The number of hydrogen-bond donors (Lipinski definition) is 1. The summed E-state index contributed by atoms with van der Waals surface area (Å²) in [5.74, 6) is 0.747. The van der Waals surface area contributed by atoms with Crippen molar-refractivity contribution in [1.29, 1.82) is 0 Å². The maximum Gasteiger partial charge on any atom is 0.0798 e. The Hall–Kier alpha value is -0.410. The van der Waals surface area contributed by atoms with Gasteiger partial charge in [0.25, 0.3) is 0 Å². The van der Waals surface area contributed by atoms with E-state index in [2.05, 4.69) is 4.98 Å². The molecule has 2 aliphatic carbocycles. The van der Waals surface area contributed by atoms with Gasteiger partial charge in [-0.15, -0.1) is 11.3 Å². The second-order valence-corrected chi connectivity index (χ2v) is 5.56. The summed E-state index contributed by atoms with van der Waals surface area (Å²) >= 11 is 1.78. The first-order valence-electron chi connectivity index (χ1n) is 5.52. The molecule has 76 valence electrons. The molecule has 2 aliphatic rings. The summed E-state index contributed by atoms with van der Waals surface area (Å²) in [7, 11) is 0. The zero-order valence-electron chi connectivity index (χ0n) is 8.33. The molecule has 14 heavy (non-hydrogen) atoms. The normalized spacial score (nSPS) is 25.5. The Labute approximate surface area is 88.5 Å². The van der Waals surface area contributed by atoms with Crippen LogP contribution in [-0.4, -0.2) is 4.98 Å². The van der Waals surface area contributed by atoms with Gasteiger partial charge in [0, 0.05) is 10.8 Å². The fraction of sp³-hybridized carbons (Fsp3) is 0.727. The smallest absolute Gasteiger partial charge is 0.0798 e. The Bertz CT molecular complexity index is 335. The van der Waals surface area contributed by atoms with Gasteiger partial charge in [0.2, 0.25) is 0 Å². The maximum atomic E-state index is 6.46. The van der Waals surface area contributed by atoms with E-state index >= 15 is 0 Å². The largest absolute Gasteiger partial charge is 0.321 e. The first-order chi connectivity index (χ1) is 6.80. The summed E-state index contributed by atoms with van der Waals surface area (Å²) in [6.45, 7) is 0. The van der Waals surface area contributed by atoms with Crippen molar-refractivity contribution in [2.75, 3.05) is 0 Å². The third-order valence-corrected chi connectivity index (χ3v) is 4.57. The van der Waals surface area contributed by atoms with E-state index in [1.54, 1.807) is 11.3 Å². The minimum Gasteiger partial charge on any atom is -0.321 e. The second kappa shape index (κ2) is 3.04. The number of nitrogens with two attached hydrogens (primary N) is 1. The molecule has 2 saturated carbocycles. The third kappa shape index (κ3) is 1.30. The van der Waals surface area contributed by atoms with Gasteiger partial charge < -0.3 is 5.73 Å². The van der Waals surface area contributed by atoms with E-state index in [1.807, 2.05) is 5.51 Å². The van der Waals surface area contributed by atoms with Crippen LogP contribution in [0, 0.1) is 0 Å². The SMILES string of the molecule is NC1(c2scnc2C2CC2)CCCC1. The van der Waals surface area contributed by atoms with Crippen LogP contribution in [0.15, 0.2) is 5.51 Å². The topological polar surface area (TPSA) is 38.9 Å². The molecule has 2 N–H and O–H groups in total. The summed E-state index contributed by atoms with van der Waals surface area (Å²) < 4.78 is 0. The molecule has 2 fully saturated rings. The van der Waals surface area contributed by atoms with E-state index in [0.717, 1.165) is 18.8 Å². The molecule has 0 aliphatic heterocycles. The van der Waals surface area contributed by atoms with Crippen molar-refractivity contribution in [1.82, 2.24) is 4.98 Å². The minimum absolute atomic E-state index is 0.0148. The average Bonchev–Trinajstić information content (AvgIpc) is 2.75. The highest BCUT2D eigenvalue weighted by atomic mass is 32.1. The van der Waals surface area contributed by atoms with Crippen LogP contribution >= 0.6 is 11.3 Å². The summed E-state index contributed by atoms with van der Waals surface area (Å²) in [6.07, 6.45) is 7.56. The Morgan fingerprint density at radius 3 is 2.71 bits per heavy atom. The molecule has 0 amide bonds. The molecule has 1 aromatic rings. The highest BCUT2D eigenvalue weighted by Gasteiger charge is 2.38. The van der Waals surface area contributed by atoms with Gasteiger partial charge in [0.15, 0.2) is 0 Å². The van der Waals surface area contributed by atoms with Crippen molar-refractivity contribution in [3.63, 3.8) is 0 Å². The summed E-state index contributed by atoms with van der Waals surface area (Å²) in [5, 5.41) is 0. The van der Waals surface area contributed by atoms with Gasteiger partial charge in [-0.25, -0.2) is 4.98 Å². The van der Waals surface area contributed by atoms with Gasteiger partial charge >= 0.3 is 0 Å². The minimum atomic E-state index is -0.0148. The van der Waals surface area contributed by atoms with Gasteiger partial charge in [0.05, 0.1) is 16.7 Å². The van der Waals surface area contributed by atoms with Crippen molar-refractivity contribution in [2.45, 2.75) is 50.0 Å². The molecule has 0 atom stereocenters. The zero-order chi connectivity index (χ0) is 9.60. The van der Waals surface area contributed by atoms with Crippen molar-refractivity contribution in [3.8, 4) is 0 Å². The van der Waals surface area contributed by atoms with E-state index in [9.17, 15) is 0 Å². The van der Waals surface area contributed by atoms with Crippen LogP contribution in [0.25, 0.3) is 0 Å². The predicted octanol–water partition coefficient (Wildman–Crippen LogP) is 2.75. The first kappa shape index (κ1) is 8.86. The lowest BCUT2D eigenvalue weighted by molar-refractivity contribution is 0.466. The number of thiazole rings is 1. The molecule has 0 spiro atoms. The molecule has 3 rings (SSSR count). The van der Waals surface area contributed by atoms with Crippen molar-refractivity contribution in [2.24, 2.45) is 5.73 Å². The van der Waals surface area contributed by atoms with Crippen LogP contribution in [0.1, 0.15) is 55.0 Å². The van der Waals surface area contributed by atoms with Crippen LogP contribution in [0.3, 0.4) is 0 Å². The first-order valence-corrected chi connectivity index (χ1v) is 6.40. The van der Waals surface area contributed by atoms with Gasteiger partial charge in [-0.05, 0) is 25.7 Å². The summed E-state index contributed by atoms with van der Waals surface area (Å²) in [6, 6.07) is 0. The molecule has 0 aromatic carbocycles. The molecule has 0 saturated heterocycles. The van der Waals surface area contributed by atoms with Crippen LogP contribution in [0.5, 0.6) is 0 Å². The quantitative estimate of drug-likeness (QED) is 0.811. The van der Waals surface area contributed by atoms with E-state index in [-0.39, 0.29) is 5.54 Å². The lowest BCUT2D eigenvalue weighted by atomic mass is 9.94. The highest BCUT2D eigenvalue weighted by molar-refractivity contribution is 7.09. The monoisotopic (exact) mass is 208 g/mol. The van der Waals surface area contributed by atoms with Crippen molar-refractivity contribution in [3.05, 3.63) is 16.1 Å². The lowest BCUT2D eigenvalue weighted by Crippen LogP contribution is -2.33. The highest BCUT2D eigenvalue weighted by Crippen LogP contribution is 2.47. The van der Waals surface area contributed by atoms with Crippen LogP contribution in [0.2, 0.25) is 0 Å². The van der Waals surface area contributed by atoms with E-state index in [4.69, 9.17) is 5.73 Å². The molecule has 1 heterocycles. The summed E-state index contributed by atoms with van der Waals surface area (Å²) in [4.78, 5) is 5.91. The fourth-order valence-electron chi connectivity index (χ4n) is 2.51. The molecule has 0 radical (unpaired) electrons. The number of nitrogens with zero attached hydrogens (tertiary/aromatic N) is 1. The number of aromatic nitrogens is 1. The van der Waals surface area contributed by atoms with E-state index in [1.165, 1.54) is 36.3 Å². The van der Waals surface area contributed by atoms with Gasteiger partial charge in [-0.3, -0.25) is 0 Å². The Balaban J connectivity index is 1.97. The standard InChI is InChI=1S/C11H16N2S/c12-11(5-1-2-6-11)10-9(8-3-4-8)13-7-14-10/h7-8H,1-6,12H2. The third-order valence-electron chi connectivity index (χ3n) is 3.51. The van der Waals surface area contributed by atoms with Gasteiger partial charge in [-0.2, -0.15) is 0 Å². The molecular weight excluding hydrogens is 192 g/mol. The molecule has 2 nitrogen and oxygen atoms in total. The van der Waals surface area contributed by atoms with Gasteiger partial charge in [-0.1, -0.05) is 12.8 Å². The molecule has 0 bridgehead atoms. The molecule has 1 aromatic heterocycles. The lowest BCUT2D eigenvalue weighted by Gasteiger charge is -2.23. The fourth-order valence-corrected chi connectivity index (χ4v) is 3.56. The zero-order valence-corrected chi connectivity index (χ0v) is 9.15. The predicted molar refractivity (Wildman–Crippen MR) is 58.4 cm³/mol. The second-order valence-electron chi connectivity index (χ2n) is 4.70. The average molecular weight is 208 g/mol. The van der Waals surface area contributed by atoms with E-state index < -0.39 is 0 Å². The molecular formula is C11H16N2S. The van der Waals surface area contributed by atoms with Gasteiger partial charge in [0.1, 0.15) is 0 Å². The Morgan fingerprint density at radius 2 is 2.07 bits per heavy atom. The Kier molecular flexibility index (Phi) is 1.92. The maximum absolute atomic E-state index is 6.46. The van der Waals surface area contributed by atoms with Crippen LogP contribution in [0.4, 0.5) is 0 Å². The van der Waals surface area contributed by atoms with E-state index in [0.29, 0.717) is 0 Å². The number of hydrogen-bond acceptors (Lipinski definition) is 3.